The molecule has 20 heavy (non-hydrogen) atoms. The van der Waals surface area contributed by atoms with Crippen molar-refractivity contribution < 1.29 is 15.0 Å². The Morgan fingerprint density at radius 3 is 2.30 bits per heavy atom. The first-order valence-electron chi connectivity index (χ1n) is 6.49. The molecule has 0 atom stereocenters. The van der Waals surface area contributed by atoms with Crippen molar-refractivity contribution in [1.29, 1.82) is 0 Å². The molecule has 3 heteroatoms. The summed E-state index contributed by atoms with van der Waals surface area (Å²) in [6, 6.07) is 12.0. The molecule has 0 aromatic heterocycles. The fourth-order valence-corrected chi connectivity index (χ4v) is 2.70. The lowest BCUT2D eigenvalue weighted by molar-refractivity contribution is -0.103. The highest BCUT2D eigenvalue weighted by Gasteiger charge is 2.20. The largest absolute Gasteiger partial charge is 0.508 e. The van der Waals surface area contributed by atoms with Gasteiger partial charge in [-0.3, -0.25) is 4.79 Å². The van der Waals surface area contributed by atoms with Crippen molar-refractivity contribution in [2.45, 2.75) is 12.8 Å². The van der Waals surface area contributed by atoms with Crippen LogP contribution in [0.4, 0.5) is 0 Å². The van der Waals surface area contributed by atoms with E-state index in [4.69, 9.17) is 0 Å². The fraction of sp³-hybridized carbons (Fsp3) is 0.118. The average Bonchev–Trinajstić information content (AvgIpc) is 2.46. The predicted octanol–water partition coefficient (Wildman–Crippen LogP) is 3.15. The van der Waals surface area contributed by atoms with E-state index in [2.05, 4.69) is 0 Å². The number of rotatable bonds is 2. The number of benzene rings is 2. The van der Waals surface area contributed by atoms with Crippen LogP contribution in [0.1, 0.15) is 23.1 Å². The summed E-state index contributed by atoms with van der Waals surface area (Å²) in [5, 5.41) is 18.9. The van der Waals surface area contributed by atoms with Gasteiger partial charge in [-0.1, -0.05) is 18.2 Å². The number of aldehydes is 1. The number of hydrogen-bond acceptors (Lipinski definition) is 3. The smallest absolute Gasteiger partial charge is 0.150 e. The van der Waals surface area contributed by atoms with Crippen molar-refractivity contribution in [3.05, 3.63) is 59.2 Å². The van der Waals surface area contributed by atoms with E-state index in [-0.39, 0.29) is 11.5 Å². The van der Waals surface area contributed by atoms with Crippen LogP contribution in [0.3, 0.4) is 0 Å². The predicted molar refractivity (Wildman–Crippen MR) is 77.4 cm³/mol. The Balaban J connectivity index is 2.16. The maximum atomic E-state index is 11.5. The van der Waals surface area contributed by atoms with Crippen LogP contribution in [0, 0.1) is 0 Å². The van der Waals surface area contributed by atoms with E-state index in [1.807, 2.05) is 12.1 Å². The normalized spacial score (nSPS) is 14.0. The maximum absolute atomic E-state index is 11.5. The molecule has 0 aliphatic heterocycles. The van der Waals surface area contributed by atoms with Crippen molar-refractivity contribution >= 4 is 17.4 Å². The number of hydrogen-bond donors (Lipinski definition) is 2. The van der Waals surface area contributed by atoms with Gasteiger partial charge in [-0.25, -0.2) is 0 Å². The van der Waals surface area contributed by atoms with Crippen molar-refractivity contribution in [1.82, 2.24) is 0 Å². The van der Waals surface area contributed by atoms with Gasteiger partial charge in [0.25, 0.3) is 0 Å². The molecular weight excluding hydrogens is 252 g/mol. The Labute approximate surface area is 116 Å². The van der Waals surface area contributed by atoms with Gasteiger partial charge in [0.15, 0.2) is 6.29 Å². The highest BCUT2D eigenvalue weighted by molar-refractivity contribution is 6.18. The number of carbonyl (C=O) groups excluding carboxylic acids is 1. The number of carbonyl (C=O) groups is 1. The lowest BCUT2D eigenvalue weighted by Crippen LogP contribution is -2.05. The molecule has 0 bridgehead atoms. The van der Waals surface area contributed by atoms with Crippen LogP contribution in [-0.2, 0) is 11.2 Å². The molecular formula is C17H14O3. The molecule has 3 rings (SSSR count). The Bertz CT molecular complexity index is 697. The van der Waals surface area contributed by atoms with Crippen LogP contribution in [-0.4, -0.2) is 16.5 Å². The molecule has 0 amide bonds. The first-order chi connectivity index (χ1) is 9.69. The number of allylic oxidation sites excluding steroid dienone is 2. The number of fused-ring (bicyclic) bond motifs is 1. The Hall–Kier alpha value is -2.55. The Morgan fingerprint density at radius 2 is 1.60 bits per heavy atom. The molecule has 0 heterocycles. The number of aryl methyl sites for hydroxylation is 1. The maximum Gasteiger partial charge on any atom is 0.150 e. The fourth-order valence-electron chi connectivity index (χ4n) is 2.70. The molecule has 2 N–H and O–H groups in total. The van der Waals surface area contributed by atoms with Gasteiger partial charge in [0.1, 0.15) is 11.5 Å². The van der Waals surface area contributed by atoms with Crippen molar-refractivity contribution in [2.75, 3.05) is 0 Å². The quantitative estimate of drug-likeness (QED) is 0.821. The van der Waals surface area contributed by atoms with Gasteiger partial charge in [0, 0.05) is 5.57 Å². The van der Waals surface area contributed by atoms with Crippen LogP contribution in [0.5, 0.6) is 11.5 Å². The summed E-state index contributed by atoms with van der Waals surface area (Å²) < 4.78 is 0. The lowest BCUT2D eigenvalue weighted by atomic mass is 9.83. The highest BCUT2D eigenvalue weighted by atomic mass is 16.3. The summed E-state index contributed by atoms with van der Waals surface area (Å²) in [7, 11) is 0. The molecule has 0 fully saturated rings. The molecule has 1 aliphatic rings. The lowest BCUT2D eigenvalue weighted by Gasteiger charge is -2.21. The molecule has 1 aliphatic carbocycles. The highest BCUT2D eigenvalue weighted by Crippen LogP contribution is 2.37. The minimum Gasteiger partial charge on any atom is -0.508 e. The van der Waals surface area contributed by atoms with E-state index < -0.39 is 0 Å². The first kappa shape index (κ1) is 12.5. The zero-order valence-corrected chi connectivity index (χ0v) is 10.8. The first-order valence-corrected chi connectivity index (χ1v) is 6.49. The number of phenolic OH excluding ortho intramolecular Hbond substituents is 2. The van der Waals surface area contributed by atoms with Gasteiger partial charge in [0.05, 0.1) is 0 Å². The molecule has 3 nitrogen and oxygen atoms in total. The zero-order chi connectivity index (χ0) is 14.1. The summed E-state index contributed by atoms with van der Waals surface area (Å²) in [5.74, 6) is 0.435. The van der Waals surface area contributed by atoms with Crippen LogP contribution in [0.2, 0.25) is 0 Å². The van der Waals surface area contributed by atoms with E-state index in [0.717, 1.165) is 41.4 Å². The Kier molecular flexibility index (Phi) is 3.03. The second kappa shape index (κ2) is 4.85. The summed E-state index contributed by atoms with van der Waals surface area (Å²) in [4.78, 5) is 11.5. The minimum atomic E-state index is 0.211. The molecule has 0 saturated heterocycles. The minimum absolute atomic E-state index is 0.211. The van der Waals surface area contributed by atoms with Gasteiger partial charge in [-0.15, -0.1) is 0 Å². The number of phenols is 2. The molecule has 0 saturated carbocycles. The third-order valence-corrected chi connectivity index (χ3v) is 3.68. The molecule has 2 aromatic rings. The third kappa shape index (κ3) is 2.07. The molecule has 0 unspecified atom stereocenters. The van der Waals surface area contributed by atoms with Gasteiger partial charge in [-0.05, 0) is 59.4 Å². The van der Waals surface area contributed by atoms with Crippen molar-refractivity contribution in [3.8, 4) is 11.5 Å². The van der Waals surface area contributed by atoms with E-state index in [1.54, 1.807) is 30.3 Å². The van der Waals surface area contributed by atoms with E-state index in [1.165, 1.54) is 0 Å². The number of aromatic hydroxyl groups is 2. The summed E-state index contributed by atoms with van der Waals surface area (Å²) >= 11 is 0. The second-order valence-electron chi connectivity index (χ2n) is 4.90. The van der Waals surface area contributed by atoms with Crippen LogP contribution < -0.4 is 0 Å². The van der Waals surface area contributed by atoms with Crippen LogP contribution >= 0.6 is 0 Å². The van der Waals surface area contributed by atoms with E-state index in [0.29, 0.717) is 5.57 Å². The van der Waals surface area contributed by atoms with Gasteiger partial charge in [-0.2, -0.15) is 0 Å². The average molecular weight is 266 g/mol. The van der Waals surface area contributed by atoms with E-state index >= 15 is 0 Å². The van der Waals surface area contributed by atoms with Crippen molar-refractivity contribution in [3.63, 3.8) is 0 Å². The third-order valence-electron chi connectivity index (χ3n) is 3.68. The van der Waals surface area contributed by atoms with Crippen molar-refractivity contribution in [2.24, 2.45) is 0 Å². The summed E-state index contributed by atoms with van der Waals surface area (Å²) in [6.45, 7) is 0. The van der Waals surface area contributed by atoms with Gasteiger partial charge < -0.3 is 10.2 Å². The standard InChI is InChI=1S/C17H14O3/c18-10-17-15(11-1-4-13(19)5-2-11)7-3-12-9-14(20)6-8-16(12)17/h1-2,4-6,8-10,19-20H,3,7H2. The van der Waals surface area contributed by atoms with Crippen LogP contribution in [0.25, 0.3) is 11.1 Å². The summed E-state index contributed by atoms with van der Waals surface area (Å²) in [5.41, 5.74) is 4.47. The monoisotopic (exact) mass is 266 g/mol. The topological polar surface area (TPSA) is 57.5 Å². The molecule has 0 radical (unpaired) electrons. The van der Waals surface area contributed by atoms with Gasteiger partial charge >= 0.3 is 0 Å². The second-order valence-corrected chi connectivity index (χ2v) is 4.90. The summed E-state index contributed by atoms with van der Waals surface area (Å²) in [6.07, 6.45) is 2.41. The SMILES string of the molecule is O=CC1=C(c2ccc(O)cc2)CCc2cc(O)ccc21. The molecule has 100 valence electrons. The van der Waals surface area contributed by atoms with E-state index in [9.17, 15) is 15.0 Å². The molecule has 2 aromatic carbocycles. The molecule has 0 spiro atoms. The van der Waals surface area contributed by atoms with Crippen LogP contribution in [0.15, 0.2) is 42.5 Å². The zero-order valence-electron chi connectivity index (χ0n) is 10.8. The van der Waals surface area contributed by atoms with Gasteiger partial charge in [0.2, 0.25) is 0 Å². The Morgan fingerprint density at radius 1 is 0.900 bits per heavy atom.